The van der Waals surface area contributed by atoms with Crippen LogP contribution in [0.2, 0.25) is 0 Å². The van der Waals surface area contributed by atoms with Crippen molar-refractivity contribution >= 4 is 0 Å². The average molecular weight is 256 g/mol. The Hall–Kier alpha value is -0.120. The van der Waals surface area contributed by atoms with Crippen LogP contribution in [0.5, 0.6) is 0 Å². The zero-order valence-electron chi connectivity index (χ0n) is 11.9. The first kappa shape index (κ1) is 14.3. The van der Waals surface area contributed by atoms with Crippen LogP contribution in [-0.4, -0.2) is 38.1 Å². The van der Waals surface area contributed by atoms with Gasteiger partial charge in [-0.15, -0.1) is 0 Å². The second-order valence-electron chi connectivity index (χ2n) is 5.75. The molecule has 0 spiro atoms. The van der Waals surface area contributed by atoms with Gasteiger partial charge in [-0.05, 0) is 6.42 Å². The minimum absolute atomic E-state index is 0.176. The van der Waals surface area contributed by atoms with Gasteiger partial charge >= 0.3 is 0 Å². The number of rotatable bonds is 8. The van der Waals surface area contributed by atoms with Gasteiger partial charge in [-0.25, -0.2) is 0 Å². The van der Waals surface area contributed by atoms with Crippen molar-refractivity contribution in [1.29, 1.82) is 0 Å². The molecule has 3 heteroatoms. The second kappa shape index (κ2) is 7.46. The van der Waals surface area contributed by atoms with Crippen LogP contribution in [0.3, 0.4) is 0 Å². The van der Waals surface area contributed by atoms with E-state index < -0.39 is 0 Å². The quantitative estimate of drug-likeness (QED) is 0.624. The lowest BCUT2D eigenvalue weighted by Crippen LogP contribution is -2.31. The molecule has 0 amide bonds. The molecule has 0 bridgehead atoms. The molecule has 2 aliphatic rings. The highest BCUT2D eigenvalue weighted by Gasteiger charge is 2.46. The predicted molar refractivity (Wildman–Crippen MR) is 71.8 cm³/mol. The molecule has 4 atom stereocenters. The Morgan fingerprint density at radius 1 is 0.944 bits per heavy atom. The molecule has 0 aromatic heterocycles. The first-order valence-corrected chi connectivity index (χ1v) is 7.67. The summed E-state index contributed by atoms with van der Waals surface area (Å²) in [5.74, 6) is 0.526. The number of unbranched alkanes of at least 4 members (excludes halogenated alkanes) is 5. The Kier molecular flexibility index (Phi) is 5.93. The molecule has 2 saturated heterocycles. The van der Waals surface area contributed by atoms with E-state index in [2.05, 4.69) is 13.8 Å². The molecule has 0 unspecified atom stereocenters. The van der Waals surface area contributed by atoms with Crippen LogP contribution in [0.4, 0.5) is 0 Å². The lowest BCUT2D eigenvalue weighted by molar-refractivity contribution is -0.0331. The third-order valence-corrected chi connectivity index (χ3v) is 4.09. The van der Waals surface area contributed by atoms with E-state index in [-0.39, 0.29) is 18.3 Å². The minimum atomic E-state index is 0.176. The van der Waals surface area contributed by atoms with Crippen LogP contribution in [0.1, 0.15) is 52.4 Å². The molecule has 3 nitrogen and oxygen atoms in total. The van der Waals surface area contributed by atoms with E-state index in [1.54, 1.807) is 0 Å². The zero-order valence-corrected chi connectivity index (χ0v) is 11.9. The van der Waals surface area contributed by atoms with E-state index in [0.717, 1.165) is 19.8 Å². The van der Waals surface area contributed by atoms with Crippen molar-refractivity contribution in [2.75, 3.05) is 19.8 Å². The summed E-state index contributed by atoms with van der Waals surface area (Å²) < 4.78 is 17.4. The maximum Gasteiger partial charge on any atom is 0.112 e. The Bertz CT molecular complexity index is 232. The summed E-state index contributed by atoms with van der Waals surface area (Å²) in [5, 5.41) is 0. The molecular formula is C15H28O3. The van der Waals surface area contributed by atoms with Crippen LogP contribution in [0, 0.1) is 5.92 Å². The Morgan fingerprint density at radius 2 is 1.67 bits per heavy atom. The first-order valence-electron chi connectivity index (χ1n) is 7.67. The van der Waals surface area contributed by atoms with E-state index in [4.69, 9.17) is 14.2 Å². The highest BCUT2D eigenvalue weighted by Crippen LogP contribution is 2.32. The van der Waals surface area contributed by atoms with Crippen molar-refractivity contribution in [1.82, 2.24) is 0 Å². The molecule has 18 heavy (non-hydrogen) atoms. The van der Waals surface area contributed by atoms with Crippen LogP contribution in [0.25, 0.3) is 0 Å². The van der Waals surface area contributed by atoms with Crippen molar-refractivity contribution in [2.24, 2.45) is 5.92 Å². The van der Waals surface area contributed by atoms with Crippen molar-refractivity contribution in [3.05, 3.63) is 0 Å². The largest absolute Gasteiger partial charge is 0.373 e. The molecule has 2 rings (SSSR count). The fourth-order valence-corrected chi connectivity index (χ4v) is 2.92. The first-order chi connectivity index (χ1) is 8.83. The zero-order chi connectivity index (χ0) is 12.8. The van der Waals surface area contributed by atoms with E-state index in [0.29, 0.717) is 5.92 Å². The number of fused-ring (bicyclic) bond motifs is 1. The van der Waals surface area contributed by atoms with Gasteiger partial charge in [-0.2, -0.15) is 0 Å². The highest BCUT2D eigenvalue weighted by atomic mass is 16.6. The van der Waals surface area contributed by atoms with E-state index in [9.17, 15) is 0 Å². The topological polar surface area (TPSA) is 27.7 Å². The maximum absolute atomic E-state index is 5.92. The fraction of sp³-hybridized carbons (Fsp3) is 1.00. The van der Waals surface area contributed by atoms with Crippen molar-refractivity contribution in [2.45, 2.75) is 70.7 Å². The summed E-state index contributed by atoms with van der Waals surface area (Å²) in [7, 11) is 0. The number of hydrogen-bond donors (Lipinski definition) is 0. The van der Waals surface area contributed by atoms with Crippen LogP contribution < -0.4 is 0 Å². The molecule has 0 aliphatic carbocycles. The van der Waals surface area contributed by atoms with E-state index >= 15 is 0 Å². The van der Waals surface area contributed by atoms with E-state index in [1.807, 2.05) is 0 Å². The Balaban J connectivity index is 1.52. The number of ether oxygens (including phenoxy) is 3. The Labute approximate surface area is 111 Å². The van der Waals surface area contributed by atoms with Gasteiger partial charge in [0.2, 0.25) is 0 Å². The van der Waals surface area contributed by atoms with Crippen LogP contribution in [-0.2, 0) is 14.2 Å². The van der Waals surface area contributed by atoms with Crippen molar-refractivity contribution in [3.8, 4) is 0 Å². The molecule has 2 heterocycles. The highest BCUT2D eigenvalue weighted by molar-refractivity contribution is 4.93. The lowest BCUT2D eigenvalue weighted by atomic mass is 10.0. The Morgan fingerprint density at radius 3 is 2.50 bits per heavy atom. The molecule has 2 fully saturated rings. The second-order valence-corrected chi connectivity index (χ2v) is 5.75. The van der Waals surface area contributed by atoms with Gasteiger partial charge in [0.15, 0.2) is 0 Å². The lowest BCUT2D eigenvalue weighted by Gasteiger charge is -2.16. The molecule has 106 valence electrons. The smallest absolute Gasteiger partial charge is 0.112 e. The monoisotopic (exact) mass is 256 g/mol. The minimum Gasteiger partial charge on any atom is -0.373 e. The standard InChI is InChI=1S/C15H28O3/c1-3-4-5-6-7-8-9-16-13-11-18-14-12(2)10-17-15(13)14/h12-15H,3-11H2,1-2H3/t12-,13-,14+,15+/m0/s1. The van der Waals surface area contributed by atoms with Gasteiger partial charge in [0, 0.05) is 12.5 Å². The maximum atomic E-state index is 5.92. The van der Waals surface area contributed by atoms with Gasteiger partial charge in [0.05, 0.1) is 19.3 Å². The summed E-state index contributed by atoms with van der Waals surface area (Å²) in [6.07, 6.45) is 8.51. The molecule has 0 radical (unpaired) electrons. The molecule has 0 N–H and O–H groups in total. The van der Waals surface area contributed by atoms with Gasteiger partial charge in [-0.3, -0.25) is 0 Å². The van der Waals surface area contributed by atoms with E-state index in [1.165, 1.54) is 38.5 Å². The molecule has 0 aromatic rings. The fourth-order valence-electron chi connectivity index (χ4n) is 2.92. The third kappa shape index (κ3) is 3.69. The molecule has 2 aliphatic heterocycles. The summed E-state index contributed by atoms with van der Waals surface area (Å²) in [6, 6.07) is 0. The SMILES string of the molecule is CCCCCCCCO[C@H]1CO[C@H]2[C@@H]1OC[C@@H]2C. The van der Waals surface area contributed by atoms with Crippen LogP contribution in [0.15, 0.2) is 0 Å². The van der Waals surface area contributed by atoms with Gasteiger partial charge in [0.25, 0.3) is 0 Å². The van der Waals surface area contributed by atoms with Gasteiger partial charge in [0.1, 0.15) is 12.2 Å². The summed E-state index contributed by atoms with van der Waals surface area (Å²) in [5.41, 5.74) is 0. The summed E-state index contributed by atoms with van der Waals surface area (Å²) >= 11 is 0. The van der Waals surface area contributed by atoms with Crippen molar-refractivity contribution in [3.63, 3.8) is 0 Å². The van der Waals surface area contributed by atoms with Crippen molar-refractivity contribution < 1.29 is 14.2 Å². The molecular weight excluding hydrogens is 228 g/mol. The third-order valence-electron chi connectivity index (χ3n) is 4.09. The van der Waals surface area contributed by atoms with Gasteiger partial charge in [-0.1, -0.05) is 46.0 Å². The normalized spacial score (nSPS) is 35.0. The van der Waals surface area contributed by atoms with Gasteiger partial charge < -0.3 is 14.2 Å². The average Bonchev–Trinajstić information content (AvgIpc) is 2.93. The molecule has 0 aromatic carbocycles. The molecule has 0 saturated carbocycles. The predicted octanol–water partition coefficient (Wildman–Crippen LogP) is 3.17. The summed E-state index contributed by atoms with van der Waals surface area (Å²) in [4.78, 5) is 0. The summed E-state index contributed by atoms with van der Waals surface area (Å²) in [6.45, 7) is 6.85. The van der Waals surface area contributed by atoms with Crippen LogP contribution >= 0.6 is 0 Å². The number of hydrogen-bond acceptors (Lipinski definition) is 3.